The van der Waals surface area contributed by atoms with E-state index in [0.29, 0.717) is 5.76 Å². The van der Waals surface area contributed by atoms with Gasteiger partial charge in [0.2, 0.25) is 5.60 Å². The number of hydrogen-bond acceptors (Lipinski definition) is 4. The fourth-order valence-corrected chi connectivity index (χ4v) is 2.94. The average molecular weight is 266 g/mol. The lowest BCUT2D eigenvalue weighted by Crippen LogP contribution is -2.44. The van der Waals surface area contributed by atoms with Gasteiger partial charge in [-0.1, -0.05) is 19.9 Å². The van der Waals surface area contributed by atoms with Crippen molar-refractivity contribution < 1.29 is 19.0 Å². The molecule has 0 amide bonds. The van der Waals surface area contributed by atoms with Crippen molar-refractivity contribution in [1.29, 1.82) is 0 Å². The summed E-state index contributed by atoms with van der Waals surface area (Å²) in [5, 5.41) is 0. The Bertz CT molecular complexity index is 431. The zero-order chi connectivity index (χ0) is 14.1. The SMILES string of the molecule is CCC1(CC)CC2=C(O1)C(OC)(C(=O)OC)C=CC2. The summed E-state index contributed by atoms with van der Waals surface area (Å²) >= 11 is 0. The van der Waals surface area contributed by atoms with Crippen LogP contribution >= 0.6 is 0 Å². The maximum atomic E-state index is 12.1. The quantitative estimate of drug-likeness (QED) is 0.580. The molecule has 0 bridgehead atoms. The Labute approximate surface area is 114 Å². The van der Waals surface area contributed by atoms with Crippen LogP contribution in [0.1, 0.15) is 39.5 Å². The Morgan fingerprint density at radius 3 is 2.58 bits per heavy atom. The minimum Gasteiger partial charge on any atom is -0.487 e. The summed E-state index contributed by atoms with van der Waals surface area (Å²) in [6.07, 6.45) is 7.22. The van der Waals surface area contributed by atoms with Gasteiger partial charge in [0.1, 0.15) is 11.4 Å². The van der Waals surface area contributed by atoms with Crippen LogP contribution in [-0.2, 0) is 19.0 Å². The number of allylic oxidation sites excluding steroid dienone is 1. The second kappa shape index (κ2) is 5.00. The van der Waals surface area contributed by atoms with E-state index in [1.807, 2.05) is 6.08 Å². The molecule has 4 heteroatoms. The summed E-state index contributed by atoms with van der Waals surface area (Å²) in [5.74, 6) is 0.217. The highest BCUT2D eigenvalue weighted by Gasteiger charge is 2.52. The highest BCUT2D eigenvalue weighted by molar-refractivity contribution is 5.86. The number of ether oxygens (including phenoxy) is 3. The molecule has 2 rings (SSSR count). The van der Waals surface area contributed by atoms with Crippen LogP contribution in [0.2, 0.25) is 0 Å². The van der Waals surface area contributed by atoms with Crippen LogP contribution in [0.5, 0.6) is 0 Å². The van der Waals surface area contributed by atoms with E-state index >= 15 is 0 Å². The predicted octanol–water partition coefficient (Wildman–Crippen LogP) is 2.74. The zero-order valence-corrected chi connectivity index (χ0v) is 12.1. The molecule has 2 aliphatic rings. The van der Waals surface area contributed by atoms with E-state index in [2.05, 4.69) is 13.8 Å². The molecule has 0 saturated heterocycles. The molecule has 0 saturated carbocycles. The third kappa shape index (κ3) is 1.98. The molecule has 0 spiro atoms. The van der Waals surface area contributed by atoms with Crippen LogP contribution < -0.4 is 0 Å². The highest BCUT2D eigenvalue weighted by atomic mass is 16.6. The second-order valence-corrected chi connectivity index (χ2v) is 5.14. The zero-order valence-electron chi connectivity index (χ0n) is 12.1. The van der Waals surface area contributed by atoms with Crippen molar-refractivity contribution in [2.75, 3.05) is 14.2 Å². The molecular formula is C15H22O4. The third-order valence-corrected chi connectivity index (χ3v) is 4.33. The van der Waals surface area contributed by atoms with Crippen molar-refractivity contribution in [2.24, 2.45) is 0 Å². The summed E-state index contributed by atoms with van der Waals surface area (Å²) in [6, 6.07) is 0. The summed E-state index contributed by atoms with van der Waals surface area (Å²) < 4.78 is 16.6. The van der Waals surface area contributed by atoms with Gasteiger partial charge in [-0.3, -0.25) is 0 Å². The van der Waals surface area contributed by atoms with Gasteiger partial charge in [-0.05, 0) is 30.9 Å². The molecular weight excluding hydrogens is 244 g/mol. The van der Waals surface area contributed by atoms with E-state index < -0.39 is 11.6 Å². The summed E-state index contributed by atoms with van der Waals surface area (Å²) in [6.45, 7) is 4.23. The molecule has 19 heavy (non-hydrogen) atoms. The Balaban J connectivity index is 2.40. The molecule has 1 unspecified atom stereocenters. The lowest BCUT2D eigenvalue weighted by atomic mass is 9.86. The standard InChI is InChI=1S/C15H22O4/c1-5-14(6-2)10-11-8-7-9-15(18-4,12(11)19-14)13(16)17-3/h7,9H,5-6,8,10H2,1-4H3. The van der Waals surface area contributed by atoms with Crippen LogP contribution in [0, 0.1) is 0 Å². The Morgan fingerprint density at radius 2 is 2.05 bits per heavy atom. The molecule has 4 nitrogen and oxygen atoms in total. The summed E-state index contributed by atoms with van der Waals surface area (Å²) in [4.78, 5) is 12.1. The van der Waals surface area contributed by atoms with Crippen LogP contribution in [0.15, 0.2) is 23.5 Å². The topological polar surface area (TPSA) is 44.8 Å². The first-order valence-corrected chi connectivity index (χ1v) is 6.80. The summed E-state index contributed by atoms with van der Waals surface area (Å²) in [5.41, 5.74) is -0.249. The number of methoxy groups -OCH3 is 2. The van der Waals surface area contributed by atoms with Gasteiger partial charge in [-0.2, -0.15) is 0 Å². The van der Waals surface area contributed by atoms with Gasteiger partial charge in [-0.25, -0.2) is 4.79 Å². The van der Waals surface area contributed by atoms with Gasteiger partial charge in [0.25, 0.3) is 0 Å². The number of hydrogen-bond donors (Lipinski definition) is 0. The van der Waals surface area contributed by atoms with Crippen molar-refractivity contribution in [2.45, 2.75) is 50.7 Å². The fraction of sp³-hybridized carbons (Fsp3) is 0.667. The van der Waals surface area contributed by atoms with Crippen molar-refractivity contribution >= 4 is 5.97 Å². The van der Waals surface area contributed by atoms with Crippen LogP contribution in [-0.4, -0.2) is 31.4 Å². The molecule has 1 heterocycles. The fourth-order valence-electron chi connectivity index (χ4n) is 2.94. The van der Waals surface area contributed by atoms with Crippen molar-refractivity contribution in [3.8, 4) is 0 Å². The maximum absolute atomic E-state index is 12.1. The molecule has 0 aromatic heterocycles. The van der Waals surface area contributed by atoms with Crippen LogP contribution in [0.3, 0.4) is 0 Å². The first kappa shape index (κ1) is 14.1. The van der Waals surface area contributed by atoms with Gasteiger partial charge >= 0.3 is 5.97 Å². The van der Waals surface area contributed by atoms with Gasteiger partial charge in [0, 0.05) is 13.5 Å². The average Bonchev–Trinajstić information content (AvgIpc) is 2.85. The Kier molecular flexibility index (Phi) is 3.72. The molecule has 0 radical (unpaired) electrons. The Morgan fingerprint density at radius 1 is 1.37 bits per heavy atom. The van der Waals surface area contributed by atoms with Gasteiger partial charge in [-0.15, -0.1) is 0 Å². The molecule has 0 aromatic rings. The molecule has 0 fully saturated rings. The summed E-state index contributed by atoms with van der Waals surface area (Å²) in [7, 11) is 2.88. The van der Waals surface area contributed by atoms with Gasteiger partial charge in [0.05, 0.1) is 7.11 Å². The smallest absolute Gasteiger partial charge is 0.350 e. The maximum Gasteiger partial charge on any atom is 0.350 e. The van der Waals surface area contributed by atoms with Gasteiger partial charge < -0.3 is 14.2 Å². The normalized spacial score (nSPS) is 28.0. The second-order valence-electron chi connectivity index (χ2n) is 5.14. The first-order chi connectivity index (χ1) is 9.07. The van der Waals surface area contributed by atoms with Crippen molar-refractivity contribution in [1.82, 2.24) is 0 Å². The van der Waals surface area contributed by atoms with E-state index in [0.717, 1.165) is 31.3 Å². The van der Waals surface area contributed by atoms with E-state index in [1.165, 1.54) is 14.2 Å². The van der Waals surface area contributed by atoms with Gasteiger partial charge in [0.15, 0.2) is 0 Å². The molecule has 1 aliphatic carbocycles. The molecule has 0 aromatic carbocycles. The lowest BCUT2D eigenvalue weighted by Gasteiger charge is -2.33. The predicted molar refractivity (Wildman–Crippen MR) is 71.6 cm³/mol. The van der Waals surface area contributed by atoms with Crippen molar-refractivity contribution in [3.63, 3.8) is 0 Å². The van der Waals surface area contributed by atoms with E-state index in [4.69, 9.17) is 14.2 Å². The number of carbonyl (C=O) groups is 1. The van der Waals surface area contributed by atoms with E-state index in [9.17, 15) is 4.79 Å². The monoisotopic (exact) mass is 266 g/mol. The third-order valence-electron chi connectivity index (χ3n) is 4.33. The molecule has 1 atom stereocenters. The van der Waals surface area contributed by atoms with E-state index in [-0.39, 0.29) is 5.60 Å². The minimum absolute atomic E-state index is 0.200. The first-order valence-electron chi connectivity index (χ1n) is 6.80. The number of esters is 1. The minimum atomic E-state index is -1.20. The number of rotatable bonds is 4. The highest BCUT2D eigenvalue weighted by Crippen LogP contribution is 2.47. The molecule has 106 valence electrons. The Hall–Kier alpha value is -1.29. The number of carbonyl (C=O) groups excluding carboxylic acids is 1. The molecule has 1 aliphatic heterocycles. The van der Waals surface area contributed by atoms with Crippen molar-refractivity contribution in [3.05, 3.63) is 23.5 Å². The lowest BCUT2D eigenvalue weighted by molar-refractivity contribution is -0.162. The van der Waals surface area contributed by atoms with Crippen LogP contribution in [0.25, 0.3) is 0 Å². The largest absolute Gasteiger partial charge is 0.487 e. The van der Waals surface area contributed by atoms with E-state index in [1.54, 1.807) is 6.08 Å². The molecule has 0 N–H and O–H groups in total. The van der Waals surface area contributed by atoms with Crippen LogP contribution in [0.4, 0.5) is 0 Å².